The van der Waals surface area contributed by atoms with E-state index in [2.05, 4.69) is 39.1 Å². The summed E-state index contributed by atoms with van der Waals surface area (Å²) in [4.78, 5) is 18.3. The van der Waals surface area contributed by atoms with Gasteiger partial charge in [0, 0.05) is 0 Å². The molecule has 3 rings (SSSR count). The maximum Gasteiger partial charge on any atom is 0.264 e. The molecule has 1 unspecified atom stereocenters. The van der Waals surface area contributed by atoms with Crippen LogP contribution in [0.1, 0.15) is 35.8 Å². The van der Waals surface area contributed by atoms with Crippen LogP contribution in [0.25, 0.3) is 10.2 Å². The zero-order valence-corrected chi connectivity index (χ0v) is 16.0. The molecule has 24 heavy (non-hydrogen) atoms. The number of fused-ring (bicyclic) bond motifs is 1. The molecule has 0 amide bonds. The van der Waals surface area contributed by atoms with Crippen LogP contribution in [0.4, 0.5) is 4.39 Å². The number of hydrogen-bond donors (Lipinski definition) is 0. The summed E-state index contributed by atoms with van der Waals surface area (Å²) in [6, 6.07) is 6.18. The van der Waals surface area contributed by atoms with E-state index in [4.69, 9.17) is 0 Å². The highest BCUT2D eigenvalue weighted by atomic mass is 79.9. The van der Waals surface area contributed by atoms with E-state index < -0.39 is 0 Å². The van der Waals surface area contributed by atoms with Crippen molar-refractivity contribution < 1.29 is 4.39 Å². The third-order valence-electron chi connectivity index (χ3n) is 3.88. The molecule has 0 saturated carbocycles. The van der Waals surface area contributed by atoms with E-state index in [0.717, 1.165) is 5.56 Å². The minimum absolute atomic E-state index is 0.0579. The Hall–Kier alpha value is -1.60. The fourth-order valence-corrected chi connectivity index (χ4v) is 3.64. The van der Waals surface area contributed by atoms with Crippen molar-refractivity contribution in [3.63, 3.8) is 0 Å². The summed E-state index contributed by atoms with van der Waals surface area (Å²) in [6.45, 7) is 6.30. The predicted octanol–water partition coefficient (Wildman–Crippen LogP) is 4.44. The Bertz CT molecular complexity index is 933. The number of benzene rings is 1. The second kappa shape index (κ2) is 6.72. The summed E-state index contributed by atoms with van der Waals surface area (Å²) in [7, 11) is 0. The molecule has 4 nitrogen and oxygen atoms in total. The van der Waals surface area contributed by atoms with Crippen LogP contribution in [0.15, 0.2) is 29.1 Å². The molecule has 0 spiro atoms. The lowest BCUT2D eigenvalue weighted by molar-refractivity contribution is 0.569. The number of alkyl halides is 1. The Morgan fingerprint density at radius 1 is 1.29 bits per heavy atom. The van der Waals surface area contributed by atoms with Crippen molar-refractivity contribution in [2.24, 2.45) is 5.92 Å². The summed E-state index contributed by atoms with van der Waals surface area (Å²) >= 11 is 4.90. The van der Waals surface area contributed by atoms with Gasteiger partial charge in [-0.15, -0.1) is 0 Å². The predicted molar refractivity (Wildman–Crippen MR) is 98.4 cm³/mol. The normalized spacial score (nSPS) is 12.9. The van der Waals surface area contributed by atoms with Gasteiger partial charge in [-0.1, -0.05) is 41.9 Å². The molecule has 7 heteroatoms. The first-order chi connectivity index (χ1) is 11.4. The molecule has 2 heterocycles. The number of nitrogens with zero attached hydrogens (tertiary/aromatic N) is 3. The molecular formula is C17H17BrFN3OS. The van der Waals surface area contributed by atoms with E-state index in [-0.39, 0.29) is 22.1 Å². The first-order valence-corrected chi connectivity index (χ1v) is 9.32. The van der Waals surface area contributed by atoms with Crippen LogP contribution in [0, 0.1) is 18.7 Å². The molecule has 1 atom stereocenters. The first-order valence-electron chi connectivity index (χ1n) is 7.63. The highest BCUT2D eigenvalue weighted by molar-refractivity contribution is 9.09. The molecule has 0 aliphatic rings. The quantitative estimate of drug-likeness (QED) is 0.598. The van der Waals surface area contributed by atoms with Crippen molar-refractivity contribution in [2.75, 3.05) is 0 Å². The minimum atomic E-state index is -0.293. The van der Waals surface area contributed by atoms with Gasteiger partial charge >= 0.3 is 0 Å². The van der Waals surface area contributed by atoms with Gasteiger partial charge in [0.15, 0.2) is 4.83 Å². The van der Waals surface area contributed by atoms with E-state index >= 15 is 0 Å². The maximum absolute atomic E-state index is 13.1. The first kappa shape index (κ1) is 17.2. The third kappa shape index (κ3) is 3.15. The molecule has 0 N–H and O–H groups in total. The molecule has 1 aromatic carbocycles. The number of aryl methyl sites for hydroxylation is 1. The van der Waals surface area contributed by atoms with Crippen molar-refractivity contribution in [1.82, 2.24) is 13.9 Å². The van der Waals surface area contributed by atoms with Gasteiger partial charge in [-0.2, -0.15) is 4.37 Å². The van der Waals surface area contributed by atoms with Gasteiger partial charge in [-0.3, -0.25) is 9.36 Å². The Kier molecular flexibility index (Phi) is 4.83. The summed E-state index contributed by atoms with van der Waals surface area (Å²) in [5, 5.41) is 0.564. The van der Waals surface area contributed by atoms with Crippen LogP contribution < -0.4 is 5.56 Å². The second-order valence-electron chi connectivity index (χ2n) is 6.08. The van der Waals surface area contributed by atoms with Crippen LogP contribution in [0.2, 0.25) is 0 Å². The fraction of sp³-hybridized carbons (Fsp3) is 0.353. The number of halogens is 2. The topological polar surface area (TPSA) is 47.8 Å². The van der Waals surface area contributed by atoms with Crippen molar-refractivity contribution >= 4 is 37.7 Å². The second-order valence-corrected chi connectivity index (χ2v) is 7.82. The van der Waals surface area contributed by atoms with E-state index in [1.54, 1.807) is 16.7 Å². The van der Waals surface area contributed by atoms with Crippen LogP contribution in [0.5, 0.6) is 0 Å². The molecule has 0 aliphatic heterocycles. The van der Waals surface area contributed by atoms with E-state index in [1.165, 1.54) is 23.7 Å². The molecule has 2 aromatic heterocycles. The highest BCUT2D eigenvalue weighted by Gasteiger charge is 2.22. The van der Waals surface area contributed by atoms with Gasteiger partial charge in [-0.25, -0.2) is 9.37 Å². The van der Waals surface area contributed by atoms with Gasteiger partial charge in [0.2, 0.25) is 0 Å². The van der Waals surface area contributed by atoms with Gasteiger partial charge in [0.25, 0.3) is 5.56 Å². The largest absolute Gasteiger partial charge is 0.291 e. The van der Waals surface area contributed by atoms with Crippen molar-refractivity contribution in [3.8, 4) is 0 Å². The molecular weight excluding hydrogens is 393 g/mol. The zero-order valence-electron chi connectivity index (χ0n) is 13.6. The molecule has 3 aromatic rings. The Morgan fingerprint density at radius 3 is 2.58 bits per heavy atom. The fourth-order valence-electron chi connectivity index (χ4n) is 2.52. The van der Waals surface area contributed by atoms with Gasteiger partial charge in [-0.05, 0) is 42.1 Å². The minimum Gasteiger partial charge on any atom is -0.291 e. The van der Waals surface area contributed by atoms with Crippen molar-refractivity contribution in [3.05, 3.63) is 57.5 Å². The van der Waals surface area contributed by atoms with Crippen molar-refractivity contribution in [2.45, 2.75) is 32.1 Å². The highest BCUT2D eigenvalue weighted by Crippen LogP contribution is 2.30. The van der Waals surface area contributed by atoms with Crippen LogP contribution in [-0.2, 0) is 6.54 Å². The summed E-state index contributed by atoms with van der Waals surface area (Å²) in [5.41, 5.74) is 1.45. The molecule has 0 fully saturated rings. The Labute approximate surface area is 151 Å². The number of hydrogen-bond acceptors (Lipinski definition) is 4. The molecule has 0 aliphatic carbocycles. The van der Waals surface area contributed by atoms with Gasteiger partial charge < -0.3 is 0 Å². The average molecular weight is 410 g/mol. The van der Waals surface area contributed by atoms with E-state index in [9.17, 15) is 9.18 Å². The van der Waals surface area contributed by atoms with Crippen LogP contribution in [0.3, 0.4) is 0 Å². The van der Waals surface area contributed by atoms with E-state index in [1.807, 2.05) is 6.92 Å². The monoisotopic (exact) mass is 409 g/mol. The molecule has 0 bridgehead atoms. The van der Waals surface area contributed by atoms with Crippen LogP contribution in [-0.4, -0.2) is 13.9 Å². The summed E-state index contributed by atoms with van der Waals surface area (Å²) in [5.74, 6) is 0.650. The lowest BCUT2D eigenvalue weighted by Gasteiger charge is -2.19. The molecule has 0 radical (unpaired) electrons. The van der Waals surface area contributed by atoms with Crippen LogP contribution >= 0.6 is 27.5 Å². The maximum atomic E-state index is 13.1. The molecule has 0 saturated heterocycles. The SMILES string of the molecule is Cc1nsc2nc(C(Br)C(C)C)n(Cc3ccc(F)cc3)c(=O)c12. The Morgan fingerprint density at radius 2 is 1.96 bits per heavy atom. The summed E-state index contributed by atoms with van der Waals surface area (Å²) < 4.78 is 19.1. The van der Waals surface area contributed by atoms with Gasteiger partial charge in [0.05, 0.1) is 22.5 Å². The lowest BCUT2D eigenvalue weighted by Crippen LogP contribution is -2.27. The summed E-state index contributed by atoms with van der Waals surface area (Å²) in [6.07, 6.45) is 0. The smallest absolute Gasteiger partial charge is 0.264 e. The third-order valence-corrected chi connectivity index (χ3v) is 6.18. The molecule has 126 valence electrons. The average Bonchev–Trinajstić information content (AvgIpc) is 2.92. The Balaban J connectivity index is 2.20. The van der Waals surface area contributed by atoms with E-state index in [0.29, 0.717) is 28.3 Å². The number of rotatable bonds is 4. The van der Waals surface area contributed by atoms with Gasteiger partial charge in [0.1, 0.15) is 11.6 Å². The van der Waals surface area contributed by atoms with Crippen molar-refractivity contribution in [1.29, 1.82) is 0 Å². The zero-order chi connectivity index (χ0) is 17.4. The standard InChI is InChI=1S/C17H17BrFN3OS/c1-9(2)14(18)15-20-16-13(10(3)21-24-16)17(23)22(15)8-11-4-6-12(19)7-5-11/h4-7,9,14H,8H2,1-3H3. The number of aromatic nitrogens is 3. The lowest BCUT2D eigenvalue weighted by atomic mass is 10.1.